The average Bonchev–Trinajstić information content (AvgIpc) is 2.89. The van der Waals surface area contributed by atoms with Gasteiger partial charge in [0, 0.05) is 20.1 Å². The van der Waals surface area contributed by atoms with Crippen LogP contribution in [0.1, 0.15) is 30.8 Å². The summed E-state index contributed by atoms with van der Waals surface area (Å²) in [5, 5.41) is 6.62. The van der Waals surface area contributed by atoms with E-state index in [-0.39, 0.29) is 22.7 Å². The molecule has 0 saturated carbocycles. The van der Waals surface area contributed by atoms with Crippen molar-refractivity contribution in [2.45, 2.75) is 20.3 Å². The van der Waals surface area contributed by atoms with Crippen molar-refractivity contribution in [3.63, 3.8) is 0 Å². The minimum absolute atomic E-state index is 0.162. The summed E-state index contributed by atoms with van der Waals surface area (Å²) < 4.78 is 1.34. The number of fused-ring (bicyclic) bond motifs is 1. The summed E-state index contributed by atoms with van der Waals surface area (Å²) in [5.41, 5.74) is 3.11. The Morgan fingerprint density at radius 3 is 2.76 bits per heavy atom. The fourth-order valence-electron chi connectivity index (χ4n) is 2.47. The molecule has 7 nitrogen and oxygen atoms in total. The summed E-state index contributed by atoms with van der Waals surface area (Å²) in [6.45, 7) is 5.41. The highest BCUT2D eigenvalue weighted by Crippen LogP contribution is 2.20. The highest BCUT2D eigenvalue weighted by molar-refractivity contribution is 6.02. The average molecular weight is 287 g/mol. The summed E-state index contributed by atoms with van der Waals surface area (Å²) in [6.07, 6.45) is 2.28. The van der Waals surface area contributed by atoms with Crippen molar-refractivity contribution in [3.05, 3.63) is 33.5 Å². The molecule has 0 aromatic carbocycles. The number of nitrogens with one attached hydrogen (secondary N) is 1. The van der Waals surface area contributed by atoms with E-state index in [1.807, 2.05) is 6.92 Å². The van der Waals surface area contributed by atoms with Crippen LogP contribution in [0.2, 0.25) is 0 Å². The van der Waals surface area contributed by atoms with Gasteiger partial charge >= 0.3 is 0 Å². The molecule has 3 rings (SSSR count). The van der Waals surface area contributed by atoms with Gasteiger partial charge in [0.25, 0.3) is 11.5 Å². The van der Waals surface area contributed by atoms with Crippen LogP contribution in [0.25, 0.3) is 11.0 Å². The number of H-pyrrole nitrogens is 1. The van der Waals surface area contributed by atoms with E-state index < -0.39 is 0 Å². The van der Waals surface area contributed by atoms with Gasteiger partial charge in [-0.1, -0.05) is 11.1 Å². The second-order valence-electron chi connectivity index (χ2n) is 5.49. The van der Waals surface area contributed by atoms with Gasteiger partial charge in [-0.15, -0.1) is 0 Å². The lowest BCUT2D eigenvalue weighted by atomic mass is 10.0. The molecule has 1 aliphatic heterocycles. The van der Waals surface area contributed by atoms with Crippen LogP contribution in [-0.4, -0.2) is 43.6 Å². The molecule has 2 aromatic heterocycles. The quantitative estimate of drug-likeness (QED) is 0.788. The third-order valence-electron chi connectivity index (χ3n) is 4.04. The highest BCUT2D eigenvalue weighted by Gasteiger charge is 2.25. The molecule has 0 saturated heterocycles. The van der Waals surface area contributed by atoms with Crippen LogP contribution in [-0.2, 0) is 7.05 Å². The van der Waals surface area contributed by atoms with E-state index in [1.165, 1.54) is 22.0 Å². The molecule has 0 unspecified atom stereocenters. The van der Waals surface area contributed by atoms with Gasteiger partial charge in [0.2, 0.25) is 0 Å². The van der Waals surface area contributed by atoms with Gasteiger partial charge in [0.05, 0.1) is 6.33 Å². The van der Waals surface area contributed by atoms with E-state index >= 15 is 0 Å². The summed E-state index contributed by atoms with van der Waals surface area (Å²) in [4.78, 5) is 30.5. The molecule has 110 valence electrons. The van der Waals surface area contributed by atoms with Crippen LogP contribution >= 0.6 is 0 Å². The van der Waals surface area contributed by atoms with Gasteiger partial charge in [-0.3, -0.25) is 14.7 Å². The predicted molar refractivity (Wildman–Crippen MR) is 78.0 cm³/mol. The van der Waals surface area contributed by atoms with Gasteiger partial charge < -0.3 is 9.47 Å². The van der Waals surface area contributed by atoms with E-state index in [4.69, 9.17) is 0 Å². The smallest absolute Gasteiger partial charge is 0.281 e. The van der Waals surface area contributed by atoms with Crippen molar-refractivity contribution in [2.24, 2.45) is 7.05 Å². The van der Waals surface area contributed by atoms with Gasteiger partial charge in [-0.25, -0.2) is 4.98 Å². The second-order valence-corrected chi connectivity index (χ2v) is 5.49. The number of hydrogen-bond donors (Lipinski definition) is 1. The van der Waals surface area contributed by atoms with Crippen molar-refractivity contribution < 1.29 is 4.79 Å². The molecular weight excluding hydrogens is 270 g/mol. The van der Waals surface area contributed by atoms with Crippen molar-refractivity contribution in [1.29, 1.82) is 0 Å². The Hall–Kier alpha value is -2.44. The third kappa shape index (κ3) is 2.14. The topological polar surface area (TPSA) is 83.9 Å². The molecule has 7 heteroatoms. The number of aromatic amines is 1. The number of hydrogen-bond acceptors (Lipinski definition) is 4. The lowest BCUT2D eigenvalue weighted by molar-refractivity contribution is 0.0759. The molecule has 0 spiro atoms. The molecule has 0 radical (unpaired) electrons. The lowest BCUT2D eigenvalue weighted by Gasteiger charge is -2.28. The van der Waals surface area contributed by atoms with Crippen molar-refractivity contribution >= 4 is 16.9 Å². The van der Waals surface area contributed by atoms with E-state index in [0.717, 1.165) is 6.42 Å². The number of carbonyl (C=O) groups excluding carboxylic acids is 1. The first-order valence-corrected chi connectivity index (χ1v) is 6.83. The number of carbonyl (C=O) groups is 1. The number of nitrogens with zero attached hydrogens (tertiary/aromatic N) is 4. The fourth-order valence-corrected chi connectivity index (χ4v) is 2.47. The Labute approximate surface area is 121 Å². The monoisotopic (exact) mass is 287 g/mol. The molecule has 1 aliphatic rings. The molecule has 1 N–H and O–H groups in total. The van der Waals surface area contributed by atoms with Crippen LogP contribution in [0.3, 0.4) is 0 Å². The van der Waals surface area contributed by atoms with Gasteiger partial charge in [0.1, 0.15) is 11.2 Å². The summed E-state index contributed by atoms with van der Waals surface area (Å²) >= 11 is 0. The zero-order valence-electron chi connectivity index (χ0n) is 12.3. The third-order valence-corrected chi connectivity index (χ3v) is 4.04. The van der Waals surface area contributed by atoms with Gasteiger partial charge in [0.15, 0.2) is 5.52 Å². The van der Waals surface area contributed by atoms with E-state index in [0.29, 0.717) is 18.6 Å². The van der Waals surface area contributed by atoms with E-state index in [9.17, 15) is 9.59 Å². The standard InChI is InChI=1S/C14H17N5O2/c1-8-4-5-19(6-9(8)2)14(21)12-10-11(16-17-12)13(20)18(3)7-15-10/h7H,4-6H2,1-3H3,(H,16,17). The Bertz CT molecular complexity index is 814. The first kappa shape index (κ1) is 13.5. The lowest BCUT2D eigenvalue weighted by Crippen LogP contribution is -2.36. The molecule has 2 aromatic rings. The number of aromatic nitrogens is 4. The van der Waals surface area contributed by atoms with Crippen molar-refractivity contribution in [1.82, 2.24) is 24.6 Å². The first-order valence-electron chi connectivity index (χ1n) is 6.83. The summed E-state index contributed by atoms with van der Waals surface area (Å²) in [5.74, 6) is -0.162. The Kier molecular flexibility index (Phi) is 3.12. The number of amides is 1. The molecular formula is C14H17N5O2. The van der Waals surface area contributed by atoms with Crippen LogP contribution in [0.5, 0.6) is 0 Å². The van der Waals surface area contributed by atoms with Crippen LogP contribution < -0.4 is 5.56 Å². The SMILES string of the molecule is CC1=C(C)CN(C(=O)c2[nH]nc3c(=O)n(C)cnc23)CC1. The Balaban J connectivity index is 2.00. The van der Waals surface area contributed by atoms with Gasteiger partial charge in [-0.2, -0.15) is 5.10 Å². The predicted octanol–water partition coefficient (Wildman–Crippen LogP) is 0.839. The van der Waals surface area contributed by atoms with E-state index in [2.05, 4.69) is 22.1 Å². The maximum atomic E-state index is 12.6. The van der Waals surface area contributed by atoms with Crippen LogP contribution in [0.4, 0.5) is 0 Å². The maximum Gasteiger partial charge on any atom is 0.281 e. The zero-order valence-corrected chi connectivity index (χ0v) is 12.3. The number of rotatable bonds is 1. The highest BCUT2D eigenvalue weighted by atomic mass is 16.2. The first-order chi connectivity index (χ1) is 9.99. The largest absolute Gasteiger partial charge is 0.333 e. The molecule has 21 heavy (non-hydrogen) atoms. The summed E-state index contributed by atoms with van der Waals surface area (Å²) in [6, 6.07) is 0. The van der Waals surface area contributed by atoms with Crippen molar-refractivity contribution in [3.8, 4) is 0 Å². The second kappa shape index (κ2) is 4.83. The fraction of sp³-hybridized carbons (Fsp3) is 0.429. The summed E-state index contributed by atoms with van der Waals surface area (Å²) in [7, 11) is 1.60. The molecule has 0 bridgehead atoms. The molecule has 3 heterocycles. The normalized spacial score (nSPS) is 15.9. The minimum Gasteiger partial charge on any atom is -0.333 e. The zero-order chi connectivity index (χ0) is 15.1. The molecule has 0 fully saturated rings. The maximum absolute atomic E-state index is 12.6. The molecule has 0 aliphatic carbocycles. The Morgan fingerprint density at radius 1 is 1.29 bits per heavy atom. The molecule has 0 atom stereocenters. The molecule has 1 amide bonds. The number of aryl methyl sites for hydroxylation is 1. The Morgan fingerprint density at radius 2 is 2.05 bits per heavy atom. The van der Waals surface area contributed by atoms with Crippen LogP contribution in [0, 0.1) is 0 Å². The van der Waals surface area contributed by atoms with Crippen molar-refractivity contribution in [2.75, 3.05) is 13.1 Å². The van der Waals surface area contributed by atoms with Gasteiger partial charge in [-0.05, 0) is 20.3 Å². The van der Waals surface area contributed by atoms with E-state index in [1.54, 1.807) is 11.9 Å². The van der Waals surface area contributed by atoms with Crippen LogP contribution in [0.15, 0.2) is 22.3 Å². The minimum atomic E-state index is -0.263.